The maximum absolute atomic E-state index is 9.90. The van der Waals surface area contributed by atoms with E-state index in [1.165, 1.54) is 0 Å². The first-order chi connectivity index (χ1) is 18.1. The lowest BCUT2D eigenvalue weighted by molar-refractivity contribution is -0.159. The highest BCUT2D eigenvalue weighted by atomic mass is 16.4. The molecule has 0 aliphatic heterocycles. The van der Waals surface area contributed by atoms with Gasteiger partial charge in [-0.3, -0.25) is 38.4 Å². The van der Waals surface area contributed by atoms with Crippen molar-refractivity contribution < 1.29 is 99.0 Å². The molecule has 0 saturated carbocycles. The van der Waals surface area contributed by atoms with E-state index < -0.39 is 66.1 Å². The van der Waals surface area contributed by atoms with Crippen molar-refractivity contribution in [1.82, 2.24) is 0 Å². The van der Waals surface area contributed by atoms with Crippen molar-refractivity contribution in [2.45, 2.75) is 64.2 Å². The van der Waals surface area contributed by atoms with Crippen LogP contribution in [-0.2, 0) is 47.9 Å². The highest BCUT2D eigenvalue weighted by Gasteiger charge is 2.04. The summed E-state index contributed by atoms with van der Waals surface area (Å²) < 4.78 is 0. The number of carbonyl (C=O) groups is 10. The van der Waals surface area contributed by atoms with Gasteiger partial charge in [0, 0.05) is 25.7 Å². The van der Waals surface area contributed by atoms with Gasteiger partial charge in [-0.15, -0.1) is 0 Å². The summed E-state index contributed by atoms with van der Waals surface area (Å²) in [5.41, 5.74) is 0. The van der Waals surface area contributed by atoms with E-state index >= 15 is 0 Å². The zero-order valence-corrected chi connectivity index (χ0v) is 20.6. The molecule has 0 rings (SSSR count). The van der Waals surface area contributed by atoms with Crippen LogP contribution in [0.5, 0.6) is 0 Å². The van der Waals surface area contributed by atoms with Gasteiger partial charge in [0.15, 0.2) is 0 Å². The Labute approximate surface area is 223 Å². The topological polar surface area (TPSA) is 373 Å². The molecule has 0 heterocycles. The lowest BCUT2D eigenvalue weighted by atomic mass is 10.2. The first kappa shape index (κ1) is 44.7. The minimum atomic E-state index is -1.82. The van der Waals surface area contributed by atoms with Crippen LogP contribution < -0.4 is 0 Å². The fourth-order valence-electron chi connectivity index (χ4n) is 1.29. The van der Waals surface area contributed by atoms with Gasteiger partial charge in [0.05, 0.1) is 12.8 Å². The quantitative estimate of drug-likeness (QED) is 0.0703. The predicted octanol–water partition coefficient (Wildman–Crippen LogP) is -0.321. The third-order valence-corrected chi connectivity index (χ3v) is 2.85. The van der Waals surface area contributed by atoms with Gasteiger partial charge in [0.2, 0.25) is 0 Å². The summed E-state index contributed by atoms with van der Waals surface area (Å²) in [7, 11) is 0. The van der Waals surface area contributed by atoms with Gasteiger partial charge in [-0.1, -0.05) is 0 Å². The fourth-order valence-corrected chi connectivity index (χ4v) is 1.29. The van der Waals surface area contributed by atoms with Crippen molar-refractivity contribution in [3.8, 4) is 0 Å². The van der Waals surface area contributed by atoms with E-state index in [0.717, 1.165) is 0 Å². The Morgan fingerprint density at radius 2 is 0.475 bits per heavy atom. The van der Waals surface area contributed by atoms with Crippen molar-refractivity contribution in [3.05, 3.63) is 0 Å². The number of carboxylic acids is 10. The number of carboxylic acid groups (broad SMARTS) is 10. The smallest absolute Gasteiger partial charge is 0.414 e. The molecule has 0 saturated heterocycles. The van der Waals surface area contributed by atoms with Crippen LogP contribution in [-0.4, -0.2) is 111 Å². The summed E-state index contributed by atoms with van der Waals surface area (Å²) in [6, 6.07) is 0. The summed E-state index contributed by atoms with van der Waals surface area (Å²) in [6.07, 6.45) is -0.294. The molecule has 0 aliphatic carbocycles. The normalized spacial score (nSPS) is 8.50. The van der Waals surface area contributed by atoms with E-state index in [4.69, 9.17) is 60.7 Å². The van der Waals surface area contributed by atoms with Crippen molar-refractivity contribution >= 4 is 59.7 Å². The highest BCUT2D eigenvalue weighted by molar-refractivity contribution is 6.27. The van der Waals surface area contributed by atoms with Crippen LogP contribution in [0.15, 0.2) is 0 Å². The SMILES string of the molecule is O=C(O)C(=O)O.O=C(O)CC(=O)O.O=C(O)CCC(=O)O.O=C(O)CCCC(=O)O.O=C(O)CCCCC(=O)O. The largest absolute Gasteiger partial charge is 0.481 e. The summed E-state index contributed by atoms with van der Waals surface area (Å²) in [4.78, 5) is 95.7. The average molecular weight is 590 g/mol. The third kappa shape index (κ3) is 76.7. The molecule has 0 bridgehead atoms. The predicted molar refractivity (Wildman–Crippen MR) is 123 cm³/mol. The Balaban J connectivity index is -0.000000129. The van der Waals surface area contributed by atoms with Gasteiger partial charge in [-0.25, -0.2) is 9.59 Å². The van der Waals surface area contributed by atoms with Gasteiger partial charge in [-0.05, 0) is 19.3 Å². The van der Waals surface area contributed by atoms with Gasteiger partial charge < -0.3 is 51.1 Å². The monoisotopic (exact) mass is 590 g/mol. The Hall–Kier alpha value is -5.30. The Morgan fingerprint density at radius 3 is 0.600 bits per heavy atom. The van der Waals surface area contributed by atoms with E-state index in [9.17, 15) is 38.4 Å². The first-order valence-corrected chi connectivity index (χ1v) is 10.4. The summed E-state index contributed by atoms with van der Waals surface area (Å²) in [5.74, 6) is -12.1. The molecular weight excluding hydrogens is 560 g/mol. The minimum absolute atomic E-state index is 0.0628. The molecule has 20 nitrogen and oxygen atoms in total. The maximum atomic E-state index is 9.90. The van der Waals surface area contributed by atoms with E-state index in [-0.39, 0.29) is 44.9 Å². The van der Waals surface area contributed by atoms with Crippen molar-refractivity contribution in [3.63, 3.8) is 0 Å². The van der Waals surface area contributed by atoms with Gasteiger partial charge >= 0.3 is 59.7 Å². The highest BCUT2D eigenvalue weighted by Crippen LogP contribution is 1.98. The van der Waals surface area contributed by atoms with Crippen LogP contribution in [0.4, 0.5) is 0 Å². The Morgan fingerprint density at radius 1 is 0.275 bits per heavy atom. The zero-order valence-electron chi connectivity index (χ0n) is 20.6. The minimum Gasteiger partial charge on any atom is -0.481 e. The molecule has 0 aromatic carbocycles. The van der Waals surface area contributed by atoms with Crippen LogP contribution in [0.2, 0.25) is 0 Å². The molecule has 0 aromatic rings. The molecule has 230 valence electrons. The number of hydrogen-bond donors (Lipinski definition) is 10. The number of rotatable bonds is 14. The second-order valence-corrected chi connectivity index (χ2v) is 6.50. The fraction of sp³-hybridized carbons (Fsp3) is 0.500. The Bertz CT molecular complexity index is 790. The summed E-state index contributed by atoms with van der Waals surface area (Å²) >= 11 is 0. The second kappa shape index (κ2) is 29.9. The zero-order chi connectivity index (χ0) is 32.8. The van der Waals surface area contributed by atoms with Crippen LogP contribution in [0.25, 0.3) is 0 Å². The summed E-state index contributed by atoms with van der Waals surface area (Å²) in [5, 5.41) is 78.3. The van der Waals surface area contributed by atoms with Crippen molar-refractivity contribution in [2.75, 3.05) is 0 Å². The second-order valence-electron chi connectivity index (χ2n) is 6.50. The molecule has 0 radical (unpaired) electrons. The molecule has 0 amide bonds. The number of hydrogen-bond acceptors (Lipinski definition) is 10. The van der Waals surface area contributed by atoms with Crippen molar-refractivity contribution in [2.24, 2.45) is 0 Å². The first-order valence-electron chi connectivity index (χ1n) is 10.4. The molecule has 0 unspecified atom stereocenters. The Kier molecular flexibility index (Phi) is 33.4. The summed E-state index contributed by atoms with van der Waals surface area (Å²) in [6.45, 7) is 0. The molecule has 0 fully saturated rings. The molecule has 10 N–H and O–H groups in total. The van der Waals surface area contributed by atoms with E-state index in [0.29, 0.717) is 12.8 Å². The van der Waals surface area contributed by atoms with Crippen LogP contribution >= 0.6 is 0 Å². The third-order valence-electron chi connectivity index (χ3n) is 2.85. The van der Waals surface area contributed by atoms with Gasteiger partial charge in [-0.2, -0.15) is 0 Å². The van der Waals surface area contributed by atoms with E-state index in [1.54, 1.807) is 0 Å². The molecule has 0 atom stereocenters. The van der Waals surface area contributed by atoms with E-state index in [2.05, 4.69) is 0 Å². The molecule has 0 spiro atoms. The van der Waals surface area contributed by atoms with Gasteiger partial charge in [0.25, 0.3) is 0 Å². The lowest BCUT2D eigenvalue weighted by Gasteiger charge is -1.92. The molecule has 40 heavy (non-hydrogen) atoms. The molecular formula is C20H30O20. The maximum Gasteiger partial charge on any atom is 0.414 e. The van der Waals surface area contributed by atoms with Crippen molar-refractivity contribution in [1.29, 1.82) is 0 Å². The molecule has 0 aromatic heterocycles. The van der Waals surface area contributed by atoms with Crippen LogP contribution in [0.3, 0.4) is 0 Å². The number of unbranched alkanes of at least 4 members (excludes halogenated alkanes) is 1. The molecule has 0 aliphatic rings. The molecule has 20 heteroatoms. The number of aliphatic carboxylic acids is 10. The van der Waals surface area contributed by atoms with E-state index in [1.807, 2.05) is 0 Å². The standard InChI is InChI=1S/C6H10O4.C5H8O4.C4H6O4.C3H4O4.C2H2O4/c7-5(8)3-1-2-4-6(9)10;6-4(7)2-1-3-5(8)9;5-3(6)1-2-4(7)8;4-2(5)1-3(6)7;3-1(4)2(5)6/h1-4H2,(H,7,8)(H,9,10);1-3H2,(H,6,7)(H,8,9);1-2H2,(H,5,6)(H,7,8);1H2,(H,4,5)(H,6,7);(H,3,4)(H,5,6). The van der Waals surface area contributed by atoms with Crippen LogP contribution in [0, 0.1) is 0 Å². The lowest BCUT2D eigenvalue weighted by Crippen LogP contribution is -2.09. The average Bonchev–Trinajstić information content (AvgIpc) is 2.75. The van der Waals surface area contributed by atoms with Gasteiger partial charge in [0.1, 0.15) is 6.42 Å². The van der Waals surface area contributed by atoms with Crippen LogP contribution in [0.1, 0.15) is 64.2 Å².